The van der Waals surface area contributed by atoms with Gasteiger partial charge in [-0.15, -0.1) is 0 Å². The van der Waals surface area contributed by atoms with Gasteiger partial charge in [0.2, 0.25) is 0 Å². The van der Waals surface area contributed by atoms with Crippen LogP contribution in [-0.2, 0) is 0 Å². The van der Waals surface area contributed by atoms with Crippen molar-refractivity contribution >= 4 is 11.8 Å². The van der Waals surface area contributed by atoms with Crippen molar-refractivity contribution in [3.63, 3.8) is 0 Å². The summed E-state index contributed by atoms with van der Waals surface area (Å²) in [4.78, 5) is 13.3. The minimum atomic E-state index is -0.532. The molecular formula is C18H14O3S. The van der Waals surface area contributed by atoms with E-state index in [0.29, 0.717) is 11.3 Å². The Morgan fingerprint density at radius 1 is 0.955 bits per heavy atom. The lowest BCUT2D eigenvalue weighted by atomic mass is 10.1. The lowest BCUT2D eigenvalue weighted by molar-refractivity contribution is 0.424. The van der Waals surface area contributed by atoms with Crippen molar-refractivity contribution < 1.29 is 9.52 Å². The topological polar surface area (TPSA) is 50.4 Å². The number of rotatable bonds is 3. The average Bonchev–Trinajstić information content (AvgIpc) is 2.57. The SMILES string of the molecule is Cc1c(-c2ccccc2)oc(=O)c(Sc2ccccc2)c1O. The Hall–Kier alpha value is -2.46. The van der Waals surface area contributed by atoms with E-state index >= 15 is 0 Å². The van der Waals surface area contributed by atoms with Crippen molar-refractivity contribution in [2.24, 2.45) is 0 Å². The molecule has 0 radical (unpaired) electrons. The fourth-order valence-electron chi connectivity index (χ4n) is 2.15. The molecule has 0 aliphatic rings. The molecule has 22 heavy (non-hydrogen) atoms. The molecule has 0 fully saturated rings. The molecule has 0 unspecified atom stereocenters. The third kappa shape index (κ3) is 2.78. The first-order chi connectivity index (χ1) is 10.7. The molecule has 4 heteroatoms. The Morgan fingerprint density at radius 2 is 1.55 bits per heavy atom. The highest BCUT2D eigenvalue weighted by molar-refractivity contribution is 7.99. The fraction of sp³-hybridized carbons (Fsp3) is 0.0556. The molecule has 3 rings (SSSR count). The monoisotopic (exact) mass is 310 g/mol. The minimum absolute atomic E-state index is 0.0241. The number of aromatic hydroxyl groups is 1. The van der Waals surface area contributed by atoms with E-state index in [1.807, 2.05) is 60.7 Å². The summed E-state index contributed by atoms with van der Waals surface area (Å²) in [5, 5.41) is 10.4. The van der Waals surface area contributed by atoms with E-state index in [0.717, 1.165) is 10.5 Å². The number of hydrogen-bond acceptors (Lipinski definition) is 4. The third-order valence-electron chi connectivity index (χ3n) is 3.29. The van der Waals surface area contributed by atoms with Crippen LogP contribution in [0.3, 0.4) is 0 Å². The summed E-state index contributed by atoms with van der Waals surface area (Å²) >= 11 is 1.20. The molecule has 0 saturated carbocycles. The summed E-state index contributed by atoms with van der Waals surface area (Å²) in [5.74, 6) is 0.379. The van der Waals surface area contributed by atoms with Gasteiger partial charge in [-0.25, -0.2) is 4.79 Å². The van der Waals surface area contributed by atoms with Gasteiger partial charge in [-0.05, 0) is 19.1 Å². The van der Waals surface area contributed by atoms with Crippen molar-refractivity contribution in [1.82, 2.24) is 0 Å². The summed E-state index contributed by atoms with van der Waals surface area (Å²) in [7, 11) is 0. The molecule has 3 nitrogen and oxygen atoms in total. The first-order valence-corrected chi connectivity index (χ1v) is 7.63. The van der Waals surface area contributed by atoms with Crippen molar-refractivity contribution in [2.45, 2.75) is 16.7 Å². The van der Waals surface area contributed by atoms with Crippen LogP contribution in [0.4, 0.5) is 0 Å². The molecule has 1 heterocycles. The summed E-state index contributed by atoms with van der Waals surface area (Å²) in [6.07, 6.45) is 0. The van der Waals surface area contributed by atoms with Crippen molar-refractivity contribution in [1.29, 1.82) is 0 Å². The maximum absolute atomic E-state index is 12.2. The second-order valence-corrected chi connectivity index (χ2v) is 5.89. The molecule has 0 spiro atoms. The lowest BCUT2D eigenvalue weighted by Gasteiger charge is -2.10. The van der Waals surface area contributed by atoms with Gasteiger partial charge in [0.05, 0.1) is 0 Å². The van der Waals surface area contributed by atoms with Crippen LogP contribution in [0.25, 0.3) is 11.3 Å². The molecule has 3 aromatic rings. The zero-order chi connectivity index (χ0) is 15.5. The second kappa shape index (κ2) is 6.12. The van der Waals surface area contributed by atoms with Crippen LogP contribution in [0.1, 0.15) is 5.56 Å². The summed E-state index contributed by atoms with van der Waals surface area (Å²) in [6.45, 7) is 1.75. The Bertz CT molecular complexity index is 839. The molecule has 1 N–H and O–H groups in total. The van der Waals surface area contributed by atoms with E-state index in [-0.39, 0.29) is 10.6 Å². The highest BCUT2D eigenvalue weighted by Gasteiger charge is 2.18. The van der Waals surface area contributed by atoms with E-state index in [1.54, 1.807) is 6.92 Å². The normalized spacial score (nSPS) is 10.6. The van der Waals surface area contributed by atoms with E-state index in [2.05, 4.69) is 0 Å². The van der Waals surface area contributed by atoms with Crippen LogP contribution < -0.4 is 5.63 Å². The molecule has 110 valence electrons. The highest BCUT2D eigenvalue weighted by Crippen LogP contribution is 2.37. The van der Waals surface area contributed by atoms with Crippen LogP contribution in [0.2, 0.25) is 0 Å². The molecule has 0 saturated heterocycles. The Morgan fingerprint density at radius 3 is 2.18 bits per heavy atom. The molecule has 0 aliphatic heterocycles. The Balaban J connectivity index is 2.08. The molecule has 0 bridgehead atoms. The van der Waals surface area contributed by atoms with Crippen molar-refractivity contribution in [3.05, 3.63) is 76.6 Å². The van der Waals surface area contributed by atoms with Gasteiger partial charge in [-0.3, -0.25) is 0 Å². The third-order valence-corrected chi connectivity index (χ3v) is 4.36. The molecular weight excluding hydrogens is 296 g/mol. The van der Waals surface area contributed by atoms with Gasteiger partial charge in [-0.2, -0.15) is 0 Å². The van der Waals surface area contributed by atoms with Crippen LogP contribution in [0.15, 0.2) is 79.7 Å². The molecule has 2 aromatic carbocycles. The molecule has 1 aromatic heterocycles. The standard InChI is InChI=1S/C18H14O3S/c1-12-15(19)17(22-14-10-6-3-7-11-14)18(20)21-16(12)13-8-4-2-5-9-13/h2-11,19H,1H3. The van der Waals surface area contributed by atoms with E-state index in [1.165, 1.54) is 11.8 Å². The maximum atomic E-state index is 12.2. The Labute approximate surface area is 132 Å². The summed E-state index contributed by atoms with van der Waals surface area (Å²) in [5.41, 5.74) is 0.795. The van der Waals surface area contributed by atoms with Crippen LogP contribution >= 0.6 is 11.8 Å². The quantitative estimate of drug-likeness (QED) is 0.775. The highest BCUT2D eigenvalue weighted by atomic mass is 32.2. The lowest BCUT2D eigenvalue weighted by Crippen LogP contribution is -2.05. The molecule has 0 atom stereocenters. The minimum Gasteiger partial charge on any atom is -0.506 e. The summed E-state index contributed by atoms with van der Waals surface area (Å²) < 4.78 is 5.44. The predicted molar refractivity (Wildman–Crippen MR) is 87.4 cm³/mol. The summed E-state index contributed by atoms with van der Waals surface area (Å²) in [6, 6.07) is 18.7. The van der Waals surface area contributed by atoms with Gasteiger partial charge >= 0.3 is 5.63 Å². The van der Waals surface area contributed by atoms with E-state index in [9.17, 15) is 9.90 Å². The van der Waals surface area contributed by atoms with Gasteiger partial charge in [0, 0.05) is 16.0 Å². The van der Waals surface area contributed by atoms with Crippen molar-refractivity contribution in [2.75, 3.05) is 0 Å². The zero-order valence-corrected chi connectivity index (χ0v) is 12.8. The van der Waals surface area contributed by atoms with Gasteiger partial charge in [-0.1, -0.05) is 60.3 Å². The zero-order valence-electron chi connectivity index (χ0n) is 11.9. The average molecular weight is 310 g/mol. The largest absolute Gasteiger partial charge is 0.506 e. The smallest absolute Gasteiger partial charge is 0.354 e. The number of hydrogen-bond donors (Lipinski definition) is 1. The second-order valence-electron chi connectivity index (χ2n) is 4.80. The fourth-order valence-corrected chi connectivity index (χ4v) is 3.06. The van der Waals surface area contributed by atoms with E-state index < -0.39 is 5.63 Å². The van der Waals surface area contributed by atoms with Crippen LogP contribution in [-0.4, -0.2) is 5.11 Å². The first kappa shape index (κ1) is 14.5. The van der Waals surface area contributed by atoms with Crippen LogP contribution in [0.5, 0.6) is 5.75 Å². The van der Waals surface area contributed by atoms with Gasteiger partial charge in [0.1, 0.15) is 16.4 Å². The predicted octanol–water partition coefficient (Wildman–Crippen LogP) is 4.47. The Kier molecular flexibility index (Phi) is 4.02. The van der Waals surface area contributed by atoms with Crippen molar-refractivity contribution in [3.8, 4) is 17.1 Å². The van der Waals surface area contributed by atoms with Gasteiger partial charge in [0.15, 0.2) is 0 Å². The number of benzene rings is 2. The first-order valence-electron chi connectivity index (χ1n) is 6.82. The van der Waals surface area contributed by atoms with E-state index in [4.69, 9.17) is 4.42 Å². The molecule has 0 aliphatic carbocycles. The molecule has 0 amide bonds. The maximum Gasteiger partial charge on any atom is 0.354 e. The van der Waals surface area contributed by atoms with Gasteiger partial charge < -0.3 is 9.52 Å². The van der Waals surface area contributed by atoms with Gasteiger partial charge in [0.25, 0.3) is 0 Å². The van der Waals surface area contributed by atoms with Crippen LogP contribution in [0, 0.1) is 6.92 Å².